The van der Waals surface area contributed by atoms with Gasteiger partial charge >= 0.3 is 5.97 Å². The Bertz CT molecular complexity index is 587. The largest absolute Gasteiger partial charge is 0.477 e. The third kappa shape index (κ3) is 3.57. The van der Waals surface area contributed by atoms with Crippen LogP contribution in [0, 0.1) is 5.41 Å². The summed E-state index contributed by atoms with van der Waals surface area (Å²) in [6.45, 7) is 3.63. The molecule has 1 aliphatic rings. The molecule has 1 fully saturated rings. The zero-order valence-corrected chi connectivity index (χ0v) is 12.7. The summed E-state index contributed by atoms with van der Waals surface area (Å²) in [7, 11) is -3.65. The number of rotatable bonds is 5. The fourth-order valence-corrected chi connectivity index (χ4v) is 4.35. The molecule has 1 aromatic rings. The lowest BCUT2D eigenvalue weighted by molar-refractivity contribution is 0.0265. The zero-order valence-electron chi connectivity index (χ0n) is 11.1. The number of carboxylic acid groups (broad SMARTS) is 1. The fraction of sp³-hybridized carbons (Fsp3) is 0.583. The van der Waals surface area contributed by atoms with E-state index >= 15 is 0 Å². The maximum atomic E-state index is 12.1. The Labute approximate surface area is 121 Å². The summed E-state index contributed by atoms with van der Waals surface area (Å²) in [4.78, 5) is 10.8. The van der Waals surface area contributed by atoms with E-state index in [-0.39, 0.29) is 14.5 Å². The van der Waals surface area contributed by atoms with Crippen molar-refractivity contribution in [2.24, 2.45) is 5.41 Å². The van der Waals surface area contributed by atoms with Crippen LogP contribution in [0.25, 0.3) is 0 Å². The van der Waals surface area contributed by atoms with Crippen LogP contribution in [-0.4, -0.2) is 39.3 Å². The summed E-state index contributed by atoms with van der Waals surface area (Å²) in [5.74, 6) is -1.12. The standard InChI is InChI=1S/C12H17NO5S2/c1-12(4-6-18-7-5-12)8-13-20(16,17)10-3-2-9(19-10)11(14)15/h2-3,13H,4-8H2,1H3,(H,14,15). The number of carboxylic acids is 1. The SMILES string of the molecule is CC1(CNS(=O)(=O)c2ccc(C(=O)O)s2)CCOCC1. The van der Waals surface area contributed by atoms with Gasteiger partial charge < -0.3 is 9.84 Å². The molecule has 0 atom stereocenters. The number of thiophene rings is 1. The van der Waals surface area contributed by atoms with Gasteiger partial charge in [0.15, 0.2) is 0 Å². The van der Waals surface area contributed by atoms with Gasteiger partial charge in [0.05, 0.1) is 0 Å². The van der Waals surface area contributed by atoms with Crippen molar-refractivity contribution in [1.29, 1.82) is 0 Å². The highest BCUT2D eigenvalue weighted by Gasteiger charge is 2.29. The van der Waals surface area contributed by atoms with Crippen LogP contribution in [0.5, 0.6) is 0 Å². The minimum atomic E-state index is -3.65. The summed E-state index contributed by atoms with van der Waals surface area (Å²) in [5.41, 5.74) is -0.113. The molecule has 0 bridgehead atoms. The van der Waals surface area contributed by atoms with Gasteiger partial charge in [-0.05, 0) is 30.4 Å². The second kappa shape index (κ2) is 5.80. The lowest BCUT2D eigenvalue weighted by atomic mass is 9.83. The van der Waals surface area contributed by atoms with Gasteiger partial charge in [0, 0.05) is 19.8 Å². The van der Waals surface area contributed by atoms with E-state index in [1.54, 1.807) is 0 Å². The van der Waals surface area contributed by atoms with Crippen molar-refractivity contribution in [3.63, 3.8) is 0 Å². The minimum absolute atomic E-state index is 0.0163. The van der Waals surface area contributed by atoms with Gasteiger partial charge in [-0.25, -0.2) is 17.9 Å². The highest BCUT2D eigenvalue weighted by molar-refractivity contribution is 7.91. The number of hydrogen-bond donors (Lipinski definition) is 2. The molecular weight excluding hydrogens is 302 g/mol. The van der Waals surface area contributed by atoms with E-state index in [1.807, 2.05) is 6.92 Å². The summed E-state index contributed by atoms with van der Waals surface area (Å²) in [5, 5.41) is 8.82. The molecule has 0 unspecified atom stereocenters. The molecule has 1 saturated heterocycles. The van der Waals surface area contributed by atoms with Crippen LogP contribution < -0.4 is 4.72 Å². The van der Waals surface area contributed by atoms with Crippen LogP contribution in [0.3, 0.4) is 0 Å². The first-order valence-corrected chi connectivity index (χ1v) is 8.53. The van der Waals surface area contributed by atoms with E-state index in [9.17, 15) is 13.2 Å². The third-order valence-corrected chi connectivity index (χ3v) is 6.41. The maximum Gasteiger partial charge on any atom is 0.345 e. The number of sulfonamides is 1. The highest BCUT2D eigenvalue weighted by Crippen LogP contribution is 2.29. The number of carbonyl (C=O) groups is 1. The van der Waals surface area contributed by atoms with Crippen molar-refractivity contribution >= 4 is 27.3 Å². The zero-order chi connectivity index (χ0) is 14.8. The smallest absolute Gasteiger partial charge is 0.345 e. The maximum absolute atomic E-state index is 12.1. The van der Waals surface area contributed by atoms with Gasteiger partial charge in [0.2, 0.25) is 10.0 Å². The predicted molar refractivity (Wildman–Crippen MR) is 74.6 cm³/mol. The summed E-state index contributed by atoms with van der Waals surface area (Å²) in [6.07, 6.45) is 1.61. The molecule has 1 aliphatic heterocycles. The van der Waals surface area contributed by atoms with Crippen molar-refractivity contribution in [2.45, 2.75) is 24.0 Å². The van der Waals surface area contributed by atoms with Crippen molar-refractivity contribution < 1.29 is 23.1 Å². The van der Waals surface area contributed by atoms with Crippen LogP contribution in [-0.2, 0) is 14.8 Å². The fourth-order valence-electron chi connectivity index (χ4n) is 1.96. The monoisotopic (exact) mass is 319 g/mol. The normalized spacial score (nSPS) is 18.9. The van der Waals surface area contributed by atoms with E-state index < -0.39 is 16.0 Å². The van der Waals surface area contributed by atoms with Crippen molar-refractivity contribution in [2.75, 3.05) is 19.8 Å². The molecule has 2 N–H and O–H groups in total. The molecule has 0 amide bonds. The van der Waals surface area contributed by atoms with E-state index in [4.69, 9.17) is 9.84 Å². The van der Waals surface area contributed by atoms with Gasteiger partial charge in [-0.3, -0.25) is 0 Å². The van der Waals surface area contributed by atoms with Gasteiger partial charge in [0.25, 0.3) is 0 Å². The number of nitrogens with one attached hydrogen (secondary N) is 1. The molecular formula is C12H17NO5S2. The molecule has 0 aromatic carbocycles. The second-order valence-corrected chi connectivity index (χ2v) is 8.25. The number of aromatic carboxylic acids is 1. The average molecular weight is 319 g/mol. The van der Waals surface area contributed by atoms with Gasteiger partial charge in [-0.15, -0.1) is 11.3 Å². The Balaban J connectivity index is 2.05. The lowest BCUT2D eigenvalue weighted by Gasteiger charge is -2.33. The van der Waals surface area contributed by atoms with Crippen LogP contribution in [0.15, 0.2) is 16.3 Å². The summed E-state index contributed by atoms with van der Waals surface area (Å²) >= 11 is 0.759. The first-order valence-electron chi connectivity index (χ1n) is 6.23. The molecule has 0 aliphatic carbocycles. The lowest BCUT2D eigenvalue weighted by Crippen LogP contribution is -2.39. The Kier molecular flexibility index (Phi) is 4.48. The second-order valence-electron chi connectivity index (χ2n) is 5.17. The van der Waals surface area contributed by atoms with Crippen LogP contribution in [0.2, 0.25) is 0 Å². The van der Waals surface area contributed by atoms with Crippen molar-refractivity contribution in [3.8, 4) is 0 Å². The molecule has 0 saturated carbocycles. The Morgan fingerprint density at radius 2 is 2.10 bits per heavy atom. The Morgan fingerprint density at radius 3 is 2.65 bits per heavy atom. The van der Waals surface area contributed by atoms with E-state index in [2.05, 4.69) is 4.72 Å². The highest BCUT2D eigenvalue weighted by atomic mass is 32.2. The van der Waals surface area contributed by atoms with E-state index in [0.717, 1.165) is 24.2 Å². The molecule has 8 heteroatoms. The molecule has 112 valence electrons. The minimum Gasteiger partial charge on any atom is -0.477 e. The van der Waals surface area contributed by atoms with Crippen LogP contribution in [0.1, 0.15) is 29.4 Å². The third-order valence-electron chi connectivity index (χ3n) is 3.45. The molecule has 2 heterocycles. The van der Waals surface area contributed by atoms with Gasteiger partial charge in [-0.1, -0.05) is 6.92 Å². The number of hydrogen-bond acceptors (Lipinski definition) is 5. The van der Waals surface area contributed by atoms with Gasteiger partial charge in [0.1, 0.15) is 9.09 Å². The van der Waals surface area contributed by atoms with Crippen molar-refractivity contribution in [1.82, 2.24) is 4.72 Å². The molecule has 0 spiro atoms. The quantitative estimate of drug-likeness (QED) is 0.859. The van der Waals surface area contributed by atoms with Crippen LogP contribution >= 0.6 is 11.3 Å². The number of ether oxygens (including phenoxy) is 1. The first kappa shape index (κ1) is 15.4. The predicted octanol–water partition coefficient (Wildman–Crippen LogP) is 1.54. The summed E-state index contributed by atoms with van der Waals surface area (Å²) < 4.78 is 32.1. The van der Waals surface area contributed by atoms with Gasteiger partial charge in [-0.2, -0.15) is 0 Å². The molecule has 0 radical (unpaired) electrons. The van der Waals surface area contributed by atoms with Crippen LogP contribution in [0.4, 0.5) is 0 Å². The average Bonchev–Trinajstić information content (AvgIpc) is 2.88. The Hall–Kier alpha value is -0.960. The molecule has 20 heavy (non-hydrogen) atoms. The summed E-state index contributed by atoms with van der Waals surface area (Å²) in [6, 6.07) is 2.63. The van der Waals surface area contributed by atoms with E-state index in [0.29, 0.717) is 19.8 Å². The Morgan fingerprint density at radius 1 is 1.45 bits per heavy atom. The van der Waals surface area contributed by atoms with E-state index in [1.165, 1.54) is 12.1 Å². The molecule has 6 nitrogen and oxygen atoms in total. The topological polar surface area (TPSA) is 92.7 Å². The first-order chi connectivity index (χ1) is 9.32. The van der Waals surface area contributed by atoms with Crippen molar-refractivity contribution in [3.05, 3.63) is 17.0 Å². The molecule has 1 aromatic heterocycles. The molecule has 2 rings (SSSR count).